The van der Waals surface area contributed by atoms with Gasteiger partial charge in [-0.25, -0.2) is 17.2 Å². The molecule has 1 aliphatic rings. The number of halogens is 2. The molecule has 0 saturated carbocycles. The van der Waals surface area contributed by atoms with E-state index in [1.54, 1.807) is 6.92 Å². The Kier molecular flexibility index (Phi) is 4.56. The Morgan fingerprint density at radius 3 is 2.52 bits per heavy atom. The lowest BCUT2D eigenvalue weighted by Gasteiger charge is -2.32. The normalized spacial score (nSPS) is 19.1. The van der Waals surface area contributed by atoms with Crippen LogP contribution in [0, 0.1) is 23.0 Å². The number of nitrogens with one attached hydrogen (secondary N) is 1. The number of quaternary nitrogens is 1. The van der Waals surface area contributed by atoms with Gasteiger partial charge < -0.3 is 4.90 Å². The van der Waals surface area contributed by atoms with Crippen LogP contribution in [0.3, 0.4) is 0 Å². The quantitative estimate of drug-likeness (QED) is 0.837. The third-order valence-corrected chi connectivity index (χ3v) is 5.60. The second-order valence-electron chi connectivity index (χ2n) is 4.99. The number of hydrogen-bond donors (Lipinski definition) is 1. The first-order valence-corrected chi connectivity index (χ1v) is 7.99. The van der Waals surface area contributed by atoms with Crippen LogP contribution in [0.15, 0.2) is 23.1 Å². The number of rotatable bonds is 3. The Hall–Kier alpha value is -1.56. The van der Waals surface area contributed by atoms with Crippen LogP contribution in [0.4, 0.5) is 8.78 Å². The summed E-state index contributed by atoms with van der Waals surface area (Å²) in [4.78, 5) is 0.350. The molecule has 0 unspecified atom stereocenters. The monoisotopic (exact) mass is 316 g/mol. The molecule has 1 aromatic carbocycles. The first-order valence-electron chi connectivity index (χ1n) is 6.55. The van der Waals surface area contributed by atoms with Crippen molar-refractivity contribution in [2.45, 2.75) is 17.9 Å². The topological polar surface area (TPSA) is 65.6 Å². The van der Waals surface area contributed by atoms with Crippen molar-refractivity contribution in [3.8, 4) is 6.07 Å². The minimum atomic E-state index is -4.05. The van der Waals surface area contributed by atoms with E-state index in [-0.39, 0.29) is 19.1 Å². The SMILES string of the molecule is C[C@@H](C#N)[NH+]1CCN(S(=O)(=O)c2cc(F)ccc2F)CC1. The molecule has 2 rings (SSSR count). The highest BCUT2D eigenvalue weighted by molar-refractivity contribution is 7.89. The summed E-state index contributed by atoms with van der Waals surface area (Å²) in [5, 5.41) is 8.86. The second-order valence-corrected chi connectivity index (χ2v) is 6.89. The zero-order chi connectivity index (χ0) is 15.6. The van der Waals surface area contributed by atoms with Crippen molar-refractivity contribution in [1.29, 1.82) is 5.26 Å². The van der Waals surface area contributed by atoms with Crippen molar-refractivity contribution >= 4 is 10.0 Å². The van der Waals surface area contributed by atoms with Gasteiger partial charge in [0.1, 0.15) is 22.6 Å². The third-order valence-electron chi connectivity index (χ3n) is 3.68. The number of benzene rings is 1. The molecule has 1 aliphatic heterocycles. The van der Waals surface area contributed by atoms with Crippen LogP contribution in [0.25, 0.3) is 0 Å². The Morgan fingerprint density at radius 1 is 1.33 bits per heavy atom. The molecule has 0 aromatic heterocycles. The molecule has 0 bridgehead atoms. The lowest BCUT2D eigenvalue weighted by molar-refractivity contribution is -0.918. The fraction of sp³-hybridized carbons (Fsp3) is 0.462. The van der Waals surface area contributed by atoms with Gasteiger partial charge >= 0.3 is 0 Å². The summed E-state index contributed by atoms with van der Waals surface area (Å²) in [5.41, 5.74) is 0. The molecule has 0 amide bonds. The van der Waals surface area contributed by atoms with Gasteiger partial charge in [-0.1, -0.05) is 0 Å². The molecule has 0 radical (unpaired) electrons. The maximum Gasteiger partial charge on any atom is 0.246 e. The van der Waals surface area contributed by atoms with E-state index in [0.717, 1.165) is 21.3 Å². The highest BCUT2D eigenvalue weighted by atomic mass is 32.2. The molecule has 1 saturated heterocycles. The van der Waals surface area contributed by atoms with Crippen LogP contribution in [0.5, 0.6) is 0 Å². The maximum atomic E-state index is 13.7. The smallest absolute Gasteiger partial charge is 0.246 e. The number of nitriles is 1. The van der Waals surface area contributed by atoms with E-state index in [9.17, 15) is 17.2 Å². The van der Waals surface area contributed by atoms with Crippen molar-refractivity contribution in [1.82, 2.24) is 4.31 Å². The zero-order valence-electron chi connectivity index (χ0n) is 11.5. The van der Waals surface area contributed by atoms with E-state index in [1.165, 1.54) is 0 Å². The Morgan fingerprint density at radius 2 is 1.95 bits per heavy atom. The largest absolute Gasteiger partial charge is 0.319 e. The summed E-state index contributed by atoms with van der Waals surface area (Å²) < 4.78 is 52.7. The van der Waals surface area contributed by atoms with Crippen LogP contribution >= 0.6 is 0 Å². The van der Waals surface area contributed by atoms with Crippen LogP contribution in [-0.2, 0) is 10.0 Å². The number of piperazine rings is 1. The van der Waals surface area contributed by atoms with E-state index in [0.29, 0.717) is 19.2 Å². The first kappa shape index (κ1) is 15.8. The molecule has 21 heavy (non-hydrogen) atoms. The van der Waals surface area contributed by atoms with Crippen LogP contribution in [0.2, 0.25) is 0 Å². The number of hydrogen-bond acceptors (Lipinski definition) is 3. The van der Waals surface area contributed by atoms with Crippen LogP contribution in [-0.4, -0.2) is 44.9 Å². The number of sulfonamides is 1. The average Bonchev–Trinajstić information content (AvgIpc) is 2.49. The number of nitrogens with zero attached hydrogens (tertiary/aromatic N) is 2. The molecular weight excluding hydrogens is 300 g/mol. The van der Waals surface area contributed by atoms with Crippen molar-refractivity contribution < 1.29 is 22.1 Å². The Balaban J connectivity index is 2.19. The molecule has 0 aliphatic carbocycles. The molecular formula is C13H16F2N3O2S+. The predicted molar refractivity (Wildman–Crippen MR) is 70.9 cm³/mol. The van der Waals surface area contributed by atoms with E-state index in [4.69, 9.17) is 5.26 Å². The average molecular weight is 316 g/mol. The van der Waals surface area contributed by atoms with Gasteiger partial charge in [-0.15, -0.1) is 0 Å². The highest BCUT2D eigenvalue weighted by Gasteiger charge is 2.33. The van der Waals surface area contributed by atoms with E-state index < -0.39 is 26.6 Å². The Labute approximate surface area is 122 Å². The molecule has 1 aromatic rings. The van der Waals surface area contributed by atoms with Crippen molar-refractivity contribution in [3.63, 3.8) is 0 Å². The zero-order valence-corrected chi connectivity index (χ0v) is 12.3. The van der Waals surface area contributed by atoms with Gasteiger partial charge in [0.25, 0.3) is 0 Å². The summed E-state index contributed by atoms with van der Waals surface area (Å²) in [6.45, 7) is 3.06. The van der Waals surface area contributed by atoms with E-state index in [1.807, 2.05) is 0 Å². The second kappa shape index (κ2) is 6.05. The minimum absolute atomic E-state index is 0.180. The predicted octanol–water partition coefficient (Wildman–Crippen LogP) is -0.234. The minimum Gasteiger partial charge on any atom is -0.319 e. The summed E-state index contributed by atoms with van der Waals surface area (Å²) >= 11 is 0. The molecule has 1 fully saturated rings. The van der Waals surface area contributed by atoms with E-state index >= 15 is 0 Å². The summed E-state index contributed by atoms with van der Waals surface area (Å²) in [7, 11) is -4.05. The standard InChI is InChI=1S/C13H15F2N3O2S/c1-10(9-16)17-4-6-18(7-5-17)21(19,20)13-8-11(14)2-3-12(13)15/h2-3,8,10H,4-7H2,1H3/p+1/t10-/m0/s1. The molecule has 0 spiro atoms. The highest BCUT2D eigenvalue weighted by Crippen LogP contribution is 2.20. The lowest BCUT2D eigenvalue weighted by Crippen LogP contribution is -3.17. The summed E-state index contributed by atoms with van der Waals surface area (Å²) in [5.74, 6) is -1.76. The van der Waals surface area contributed by atoms with Gasteiger partial charge in [-0.2, -0.15) is 9.57 Å². The lowest BCUT2D eigenvalue weighted by atomic mass is 10.2. The van der Waals surface area contributed by atoms with E-state index in [2.05, 4.69) is 6.07 Å². The van der Waals surface area contributed by atoms with Gasteiger partial charge in [-0.3, -0.25) is 0 Å². The Bertz CT molecular complexity index is 664. The molecule has 1 atom stereocenters. The van der Waals surface area contributed by atoms with Gasteiger partial charge in [-0.05, 0) is 18.2 Å². The fourth-order valence-electron chi connectivity index (χ4n) is 2.35. The molecule has 1 heterocycles. The van der Waals surface area contributed by atoms with Gasteiger partial charge in [0.15, 0.2) is 6.04 Å². The van der Waals surface area contributed by atoms with Gasteiger partial charge in [0.2, 0.25) is 10.0 Å². The van der Waals surface area contributed by atoms with Crippen LogP contribution < -0.4 is 4.90 Å². The molecule has 5 nitrogen and oxygen atoms in total. The van der Waals surface area contributed by atoms with Gasteiger partial charge in [0.05, 0.1) is 26.2 Å². The summed E-state index contributed by atoms with van der Waals surface area (Å²) in [6, 6.07) is 4.28. The molecule has 114 valence electrons. The molecule has 8 heteroatoms. The third kappa shape index (κ3) is 3.20. The van der Waals surface area contributed by atoms with Crippen molar-refractivity contribution in [2.75, 3.05) is 26.2 Å². The first-order chi connectivity index (χ1) is 9.86. The maximum absolute atomic E-state index is 13.7. The fourth-order valence-corrected chi connectivity index (χ4v) is 3.87. The summed E-state index contributed by atoms with van der Waals surface area (Å²) in [6.07, 6.45) is 0. The van der Waals surface area contributed by atoms with Crippen molar-refractivity contribution in [3.05, 3.63) is 29.8 Å². The molecule has 1 N–H and O–H groups in total. The van der Waals surface area contributed by atoms with Crippen molar-refractivity contribution in [2.24, 2.45) is 0 Å². The van der Waals surface area contributed by atoms with Gasteiger partial charge in [0, 0.05) is 6.92 Å². The van der Waals surface area contributed by atoms with Crippen LogP contribution in [0.1, 0.15) is 6.92 Å².